The van der Waals surface area contributed by atoms with Crippen LogP contribution in [0.15, 0.2) is 94.6 Å². The van der Waals surface area contributed by atoms with Crippen LogP contribution in [0.25, 0.3) is 11.5 Å². The van der Waals surface area contributed by atoms with Crippen LogP contribution in [-0.2, 0) is 0 Å². The second kappa shape index (κ2) is 7.66. The Kier molecular flexibility index (Phi) is 4.74. The van der Waals surface area contributed by atoms with Crippen LogP contribution in [0.5, 0.6) is 0 Å². The fourth-order valence-corrected chi connectivity index (χ4v) is 2.69. The van der Waals surface area contributed by atoms with Gasteiger partial charge in [0.1, 0.15) is 5.71 Å². The van der Waals surface area contributed by atoms with E-state index in [9.17, 15) is 0 Å². The van der Waals surface area contributed by atoms with Crippen molar-refractivity contribution >= 4 is 11.4 Å². The first kappa shape index (κ1) is 16.7. The summed E-state index contributed by atoms with van der Waals surface area (Å²) in [4.78, 5) is 4.54. The monoisotopic (exact) mass is 354 g/mol. The van der Waals surface area contributed by atoms with Gasteiger partial charge in [-0.3, -0.25) is 5.43 Å². The van der Waals surface area contributed by atoms with Crippen molar-refractivity contribution in [2.45, 2.75) is 6.92 Å². The number of aryl methyl sites for hydroxylation is 1. The largest absolute Gasteiger partial charge is 0.334 e. The number of rotatable bonds is 5. The fraction of sp³-hybridized carbons (Fsp3) is 0.0455. The maximum atomic E-state index is 5.45. The first-order valence-corrected chi connectivity index (χ1v) is 8.65. The van der Waals surface area contributed by atoms with Gasteiger partial charge in [0.15, 0.2) is 0 Å². The van der Waals surface area contributed by atoms with Crippen LogP contribution in [0, 0.1) is 6.92 Å². The lowest BCUT2D eigenvalue weighted by molar-refractivity contribution is 0.429. The molecule has 0 saturated carbocycles. The van der Waals surface area contributed by atoms with Crippen molar-refractivity contribution in [2.75, 3.05) is 5.43 Å². The van der Waals surface area contributed by atoms with E-state index in [1.54, 1.807) is 0 Å². The molecule has 1 heterocycles. The number of hydrogen-bond acceptors (Lipinski definition) is 5. The average Bonchev–Trinajstić information content (AvgIpc) is 3.20. The molecule has 0 fully saturated rings. The van der Waals surface area contributed by atoms with E-state index in [1.807, 2.05) is 91.9 Å². The van der Waals surface area contributed by atoms with Gasteiger partial charge in [-0.2, -0.15) is 10.1 Å². The molecule has 0 saturated heterocycles. The van der Waals surface area contributed by atoms with Gasteiger partial charge in [-0.05, 0) is 36.8 Å². The third-order valence-electron chi connectivity index (χ3n) is 4.02. The lowest BCUT2D eigenvalue weighted by atomic mass is 10.1. The minimum atomic E-state index is 0.431. The van der Waals surface area contributed by atoms with Crippen LogP contribution in [0.1, 0.15) is 17.0 Å². The maximum absolute atomic E-state index is 5.45. The van der Waals surface area contributed by atoms with Gasteiger partial charge in [-0.1, -0.05) is 65.8 Å². The SMILES string of the molecule is Cc1cccc(N/N=C(/c2ccccc2)c2noc(-c3ccccc3)n2)c1. The average molecular weight is 354 g/mol. The summed E-state index contributed by atoms with van der Waals surface area (Å²) in [6, 6.07) is 27.5. The molecule has 0 aliphatic heterocycles. The summed E-state index contributed by atoms with van der Waals surface area (Å²) in [6.45, 7) is 2.04. The topological polar surface area (TPSA) is 63.3 Å². The third kappa shape index (κ3) is 3.93. The smallest absolute Gasteiger partial charge is 0.258 e. The summed E-state index contributed by atoms with van der Waals surface area (Å²) in [5, 5.41) is 8.71. The summed E-state index contributed by atoms with van der Waals surface area (Å²) < 4.78 is 5.45. The Morgan fingerprint density at radius 2 is 1.63 bits per heavy atom. The van der Waals surface area contributed by atoms with E-state index in [0.717, 1.165) is 22.4 Å². The molecule has 4 rings (SSSR count). The molecule has 132 valence electrons. The van der Waals surface area contributed by atoms with Crippen molar-refractivity contribution in [2.24, 2.45) is 5.10 Å². The molecule has 1 N–H and O–H groups in total. The molecule has 0 radical (unpaired) electrons. The highest BCUT2D eigenvalue weighted by molar-refractivity contribution is 6.10. The molecule has 3 aromatic carbocycles. The summed E-state index contributed by atoms with van der Waals surface area (Å²) in [7, 11) is 0. The molecule has 0 aliphatic carbocycles. The van der Waals surface area contributed by atoms with Gasteiger partial charge in [0.05, 0.1) is 5.69 Å². The van der Waals surface area contributed by atoms with Crippen molar-refractivity contribution in [3.05, 3.63) is 102 Å². The Morgan fingerprint density at radius 1 is 0.889 bits per heavy atom. The van der Waals surface area contributed by atoms with Crippen molar-refractivity contribution in [1.82, 2.24) is 10.1 Å². The Hall–Kier alpha value is -3.73. The van der Waals surface area contributed by atoms with Gasteiger partial charge in [0.25, 0.3) is 5.89 Å². The summed E-state index contributed by atoms with van der Waals surface area (Å²) in [6.07, 6.45) is 0. The first-order valence-electron chi connectivity index (χ1n) is 8.65. The molecule has 0 amide bonds. The van der Waals surface area contributed by atoms with Crippen molar-refractivity contribution < 1.29 is 4.52 Å². The minimum absolute atomic E-state index is 0.431. The molecule has 5 heteroatoms. The number of hydrogen-bond donors (Lipinski definition) is 1. The molecule has 4 aromatic rings. The van der Waals surface area contributed by atoms with Crippen LogP contribution < -0.4 is 5.43 Å². The first-order chi connectivity index (χ1) is 13.3. The normalized spacial score (nSPS) is 11.4. The summed E-state index contributed by atoms with van der Waals surface area (Å²) in [5.41, 5.74) is 7.54. The molecule has 1 aromatic heterocycles. The number of hydrazone groups is 1. The Labute approximate surface area is 157 Å². The zero-order chi connectivity index (χ0) is 18.5. The number of aromatic nitrogens is 2. The Bertz CT molecular complexity index is 1060. The van der Waals surface area contributed by atoms with Gasteiger partial charge < -0.3 is 4.52 Å². The third-order valence-corrected chi connectivity index (χ3v) is 4.02. The van der Waals surface area contributed by atoms with Crippen LogP contribution in [0.2, 0.25) is 0 Å². The molecule has 0 aliphatic rings. The van der Waals surface area contributed by atoms with Crippen LogP contribution >= 0.6 is 0 Å². The van der Waals surface area contributed by atoms with Gasteiger partial charge in [-0.15, -0.1) is 0 Å². The number of nitrogens with one attached hydrogen (secondary N) is 1. The van der Waals surface area contributed by atoms with Crippen molar-refractivity contribution in [3.8, 4) is 11.5 Å². The molecular weight excluding hydrogens is 336 g/mol. The second-order valence-corrected chi connectivity index (χ2v) is 6.10. The highest BCUT2D eigenvalue weighted by Crippen LogP contribution is 2.18. The zero-order valence-corrected chi connectivity index (χ0v) is 14.8. The number of nitrogens with zero attached hydrogens (tertiary/aromatic N) is 3. The van der Waals surface area contributed by atoms with E-state index in [0.29, 0.717) is 17.4 Å². The predicted molar refractivity (Wildman–Crippen MR) is 107 cm³/mol. The quantitative estimate of drug-likeness (QED) is 0.408. The second-order valence-electron chi connectivity index (χ2n) is 6.10. The summed E-state index contributed by atoms with van der Waals surface area (Å²) in [5.74, 6) is 0.894. The highest BCUT2D eigenvalue weighted by atomic mass is 16.5. The lowest BCUT2D eigenvalue weighted by Gasteiger charge is -2.05. The minimum Gasteiger partial charge on any atom is -0.334 e. The van der Waals surface area contributed by atoms with Crippen molar-refractivity contribution in [1.29, 1.82) is 0 Å². The number of anilines is 1. The Balaban J connectivity index is 1.71. The predicted octanol–water partition coefficient (Wildman–Crippen LogP) is 4.91. The van der Waals surface area contributed by atoms with Crippen molar-refractivity contribution in [3.63, 3.8) is 0 Å². The zero-order valence-electron chi connectivity index (χ0n) is 14.8. The highest BCUT2D eigenvalue weighted by Gasteiger charge is 2.16. The number of benzene rings is 3. The van der Waals surface area contributed by atoms with E-state index in [-0.39, 0.29) is 0 Å². The lowest BCUT2D eigenvalue weighted by Crippen LogP contribution is -2.08. The van der Waals surface area contributed by atoms with E-state index < -0.39 is 0 Å². The van der Waals surface area contributed by atoms with Gasteiger partial charge in [-0.25, -0.2) is 0 Å². The molecule has 0 unspecified atom stereocenters. The van der Waals surface area contributed by atoms with Gasteiger partial charge in [0.2, 0.25) is 5.82 Å². The molecule has 0 bridgehead atoms. The van der Waals surface area contributed by atoms with Crippen LogP contribution in [0.4, 0.5) is 5.69 Å². The molecule has 5 nitrogen and oxygen atoms in total. The summed E-state index contributed by atoms with van der Waals surface area (Å²) >= 11 is 0. The maximum Gasteiger partial charge on any atom is 0.258 e. The molecular formula is C22H18N4O. The van der Waals surface area contributed by atoms with E-state index in [2.05, 4.69) is 20.7 Å². The molecule has 0 spiro atoms. The fourth-order valence-electron chi connectivity index (χ4n) is 2.69. The van der Waals surface area contributed by atoms with Crippen LogP contribution in [0.3, 0.4) is 0 Å². The van der Waals surface area contributed by atoms with Gasteiger partial charge >= 0.3 is 0 Å². The molecule has 0 atom stereocenters. The standard InChI is InChI=1S/C22H18N4O/c1-16-9-8-14-19(15-16)24-25-20(17-10-4-2-5-11-17)21-23-22(27-26-21)18-12-6-3-7-13-18/h2-15,24H,1H3/b25-20-. The van der Waals surface area contributed by atoms with E-state index >= 15 is 0 Å². The van der Waals surface area contributed by atoms with E-state index in [4.69, 9.17) is 4.52 Å². The van der Waals surface area contributed by atoms with Gasteiger partial charge in [0, 0.05) is 11.1 Å². The van der Waals surface area contributed by atoms with E-state index in [1.165, 1.54) is 0 Å². The molecule has 27 heavy (non-hydrogen) atoms. The Morgan fingerprint density at radius 3 is 2.37 bits per heavy atom. The van der Waals surface area contributed by atoms with Crippen LogP contribution in [-0.4, -0.2) is 15.9 Å².